The molecule has 4 heteroatoms. The van der Waals surface area contributed by atoms with Crippen molar-refractivity contribution in [2.75, 3.05) is 6.54 Å². The van der Waals surface area contributed by atoms with Crippen LogP contribution in [0.4, 0.5) is 4.39 Å². The maximum absolute atomic E-state index is 14.0. The highest BCUT2D eigenvalue weighted by molar-refractivity contribution is 9.10. The second-order valence-electron chi connectivity index (χ2n) is 4.53. The SMILES string of the molecule is CCNC(Cc1sccc1Br)c1cc(C)ccc1F. The summed E-state index contributed by atoms with van der Waals surface area (Å²) in [6.45, 7) is 4.86. The Kier molecular flexibility index (Phi) is 5.13. The first-order valence-corrected chi connectivity index (χ1v) is 8.00. The third kappa shape index (κ3) is 3.65. The Bertz CT molecular complexity index is 553. The lowest BCUT2D eigenvalue weighted by atomic mass is 10.00. The minimum atomic E-state index is -0.135. The van der Waals surface area contributed by atoms with E-state index in [0.717, 1.165) is 28.6 Å². The van der Waals surface area contributed by atoms with Crippen molar-refractivity contribution >= 4 is 27.3 Å². The number of nitrogens with one attached hydrogen (secondary N) is 1. The summed E-state index contributed by atoms with van der Waals surface area (Å²) in [5.74, 6) is -0.135. The molecular formula is C15H17BrFNS. The summed E-state index contributed by atoms with van der Waals surface area (Å²) in [7, 11) is 0. The third-order valence-corrected chi connectivity index (χ3v) is 5.01. The van der Waals surface area contributed by atoms with E-state index < -0.39 is 0 Å². The fraction of sp³-hybridized carbons (Fsp3) is 0.333. The van der Waals surface area contributed by atoms with Crippen LogP contribution < -0.4 is 5.32 Å². The summed E-state index contributed by atoms with van der Waals surface area (Å²) in [5, 5.41) is 5.43. The minimum Gasteiger partial charge on any atom is -0.310 e. The highest BCUT2D eigenvalue weighted by Gasteiger charge is 2.17. The zero-order chi connectivity index (χ0) is 13.8. The van der Waals surface area contributed by atoms with Gasteiger partial charge in [0.15, 0.2) is 0 Å². The Balaban J connectivity index is 2.29. The summed E-state index contributed by atoms with van der Waals surface area (Å²) in [5.41, 5.74) is 1.84. The molecule has 19 heavy (non-hydrogen) atoms. The van der Waals surface area contributed by atoms with Gasteiger partial charge in [-0.05, 0) is 46.9 Å². The van der Waals surface area contributed by atoms with Gasteiger partial charge in [0.05, 0.1) is 0 Å². The molecule has 1 atom stereocenters. The highest BCUT2D eigenvalue weighted by atomic mass is 79.9. The van der Waals surface area contributed by atoms with Gasteiger partial charge in [0, 0.05) is 27.4 Å². The molecule has 1 heterocycles. The van der Waals surface area contributed by atoms with Crippen molar-refractivity contribution in [1.29, 1.82) is 0 Å². The van der Waals surface area contributed by atoms with Gasteiger partial charge in [-0.1, -0.05) is 24.6 Å². The first-order chi connectivity index (χ1) is 9.11. The number of hydrogen-bond acceptors (Lipinski definition) is 2. The fourth-order valence-corrected chi connectivity index (χ4v) is 3.69. The molecule has 102 valence electrons. The van der Waals surface area contributed by atoms with Crippen LogP contribution in [-0.2, 0) is 6.42 Å². The largest absolute Gasteiger partial charge is 0.310 e. The lowest BCUT2D eigenvalue weighted by molar-refractivity contribution is 0.511. The van der Waals surface area contributed by atoms with Gasteiger partial charge in [0.1, 0.15) is 5.82 Å². The van der Waals surface area contributed by atoms with E-state index in [2.05, 4.69) is 26.6 Å². The number of hydrogen-bond donors (Lipinski definition) is 1. The van der Waals surface area contributed by atoms with E-state index >= 15 is 0 Å². The highest BCUT2D eigenvalue weighted by Crippen LogP contribution is 2.29. The fourth-order valence-electron chi connectivity index (χ4n) is 2.12. The molecule has 0 bridgehead atoms. The lowest BCUT2D eigenvalue weighted by Crippen LogP contribution is -2.23. The van der Waals surface area contributed by atoms with E-state index in [4.69, 9.17) is 0 Å². The molecule has 2 aromatic rings. The Hall–Kier alpha value is -0.710. The van der Waals surface area contributed by atoms with E-state index in [1.54, 1.807) is 17.4 Å². The van der Waals surface area contributed by atoms with Crippen molar-refractivity contribution in [2.45, 2.75) is 26.3 Å². The van der Waals surface area contributed by atoms with Crippen LogP contribution in [0.3, 0.4) is 0 Å². The van der Waals surface area contributed by atoms with Crippen LogP contribution >= 0.6 is 27.3 Å². The van der Waals surface area contributed by atoms with Crippen molar-refractivity contribution in [3.05, 3.63) is 55.9 Å². The molecule has 0 aliphatic heterocycles. The van der Waals surface area contributed by atoms with Gasteiger partial charge < -0.3 is 5.32 Å². The topological polar surface area (TPSA) is 12.0 Å². The molecule has 1 unspecified atom stereocenters. The molecule has 2 rings (SSSR count). The van der Waals surface area contributed by atoms with Crippen molar-refractivity contribution in [2.24, 2.45) is 0 Å². The Labute approximate surface area is 126 Å². The predicted molar refractivity (Wildman–Crippen MR) is 83.3 cm³/mol. The summed E-state index contributed by atoms with van der Waals surface area (Å²) >= 11 is 5.24. The smallest absolute Gasteiger partial charge is 0.128 e. The predicted octanol–water partition coefficient (Wildman–Crippen LogP) is 4.85. The number of halogens is 2. The molecule has 0 aliphatic rings. The van der Waals surface area contributed by atoms with Crippen LogP contribution in [-0.4, -0.2) is 6.54 Å². The lowest BCUT2D eigenvalue weighted by Gasteiger charge is -2.19. The van der Waals surface area contributed by atoms with Crippen molar-refractivity contribution in [3.8, 4) is 0 Å². The standard InChI is InChI=1S/C15H17BrFNS/c1-3-18-14(9-15-12(16)6-7-19-15)11-8-10(2)4-5-13(11)17/h4-8,14,18H,3,9H2,1-2H3. The molecule has 0 aliphatic carbocycles. The van der Waals surface area contributed by atoms with Crippen LogP contribution in [0.15, 0.2) is 34.1 Å². The average molecular weight is 342 g/mol. The van der Waals surface area contributed by atoms with E-state index in [1.165, 1.54) is 4.88 Å². The zero-order valence-corrected chi connectivity index (χ0v) is 13.4. The van der Waals surface area contributed by atoms with Crippen molar-refractivity contribution in [1.82, 2.24) is 5.32 Å². The van der Waals surface area contributed by atoms with Crippen LogP contribution in [0.25, 0.3) is 0 Å². The van der Waals surface area contributed by atoms with Gasteiger partial charge in [0.2, 0.25) is 0 Å². The summed E-state index contributed by atoms with van der Waals surface area (Å²) < 4.78 is 15.1. The van der Waals surface area contributed by atoms with Crippen molar-refractivity contribution < 1.29 is 4.39 Å². The van der Waals surface area contributed by atoms with E-state index in [9.17, 15) is 4.39 Å². The van der Waals surface area contributed by atoms with Gasteiger partial charge >= 0.3 is 0 Å². The second kappa shape index (κ2) is 6.64. The summed E-state index contributed by atoms with van der Waals surface area (Å²) in [6.07, 6.45) is 0.798. The Morgan fingerprint density at radius 2 is 2.16 bits per heavy atom. The molecule has 1 aromatic heterocycles. The number of likely N-dealkylation sites (N-methyl/N-ethyl adjacent to an activating group) is 1. The van der Waals surface area contributed by atoms with Crippen LogP contribution in [0.1, 0.15) is 29.0 Å². The van der Waals surface area contributed by atoms with E-state index in [-0.39, 0.29) is 11.9 Å². The average Bonchev–Trinajstić information content (AvgIpc) is 2.78. The van der Waals surface area contributed by atoms with Gasteiger partial charge in [0.25, 0.3) is 0 Å². The first-order valence-electron chi connectivity index (χ1n) is 6.33. The molecule has 0 fully saturated rings. The first kappa shape index (κ1) is 14.7. The molecule has 0 saturated carbocycles. The Morgan fingerprint density at radius 1 is 1.37 bits per heavy atom. The third-order valence-electron chi connectivity index (χ3n) is 3.06. The second-order valence-corrected chi connectivity index (χ2v) is 6.39. The van der Waals surface area contributed by atoms with E-state index in [1.807, 2.05) is 32.0 Å². The van der Waals surface area contributed by atoms with Crippen LogP contribution in [0, 0.1) is 12.7 Å². The quantitative estimate of drug-likeness (QED) is 0.819. The number of thiophene rings is 1. The van der Waals surface area contributed by atoms with Gasteiger partial charge in [-0.3, -0.25) is 0 Å². The number of benzene rings is 1. The maximum atomic E-state index is 14.0. The molecule has 1 N–H and O–H groups in total. The molecule has 0 spiro atoms. The van der Waals surface area contributed by atoms with Crippen LogP contribution in [0.5, 0.6) is 0 Å². The number of aryl methyl sites for hydroxylation is 1. The summed E-state index contributed by atoms with van der Waals surface area (Å²) in [6, 6.07) is 7.35. The maximum Gasteiger partial charge on any atom is 0.128 e. The molecule has 1 aromatic carbocycles. The van der Waals surface area contributed by atoms with Gasteiger partial charge in [-0.25, -0.2) is 4.39 Å². The van der Waals surface area contributed by atoms with Crippen LogP contribution in [0.2, 0.25) is 0 Å². The van der Waals surface area contributed by atoms with Crippen molar-refractivity contribution in [3.63, 3.8) is 0 Å². The van der Waals surface area contributed by atoms with E-state index in [0.29, 0.717) is 0 Å². The molecule has 0 saturated heterocycles. The van der Waals surface area contributed by atoms with Gasteiger partial charge in [-0.2, -0.15) is 0 Å². The zero-order valence-electron chi connectivity index (χ0n) is 11.0. The Morgan fingerprint density at radius 3 is 2.79 bits per heavy atom. The molecule has 0 radical (unpaired) electrons. The minimum absolute atomic E-state index is 0.0137. The monoisotopic (exact) mass is 341 g/mol. The van der Waals surface area contributed by atoms with Gasteiger partial charge in [-0.15, -0.1) is 11.3 Å². The molecule has 0 amide bonds. The molecule has 1 nitrogen and oxygen atoms in total. The number of rotatable bonds is 5. The molecular weight excluding hydrogens is 325 g/mol. The summed E-state index contributed by atoms with van der Waals surface area (Å²) in [4.78, 5) is 1.24. The normalized spacial score (nSPS) is 12.6.